The highest BCUT2D eigenvalue weighted by Gasteiger charge is 2.30. The Morgan fingerprint density at radius 3 is 2.38 bits per heavy atom. The summed E-state index contributed by atoms with van der Waals surface area (Å²) in [6, 6.07) is 21.1. The van der Waals surface area contributed by atoms with Crippen LogP contribution in [-0.4, -0.2) is 54.1 Å². The molecule has 4 atom stereocenters. The number of aliphatic hydroxyl groups is 1. The van der Waals surface area contributed by atoms with Gasteiger partial charge < -0.3 is 25.8 Å². The van der Waals surface area contributed by atoms with Crippen LogP contribution >= 0.6 is 0 Å². The van der Waals surface area contributed by atoms with Crippen molar-refractivity contribution in [3.63, 3.8) is 0 Å². The van der Waals surface area contributed by atoms with Gasteiger partial charge in [0.1, 0.15) is 12.6 Å². The largest absolute Gasteiger partial charge is 0.463 e. The monoisotopic (exact) mass is 571 g/mol. The van der Waals surface area contributed by atoms with Gasteiger partial charge in [-0.2, -0.15) is 0 Å². The minimum Gasteiger partial charge on any atom is -0.463 e. The number of cyclic esters (lactones) is 1. The average molecular weight is 572 g/mol. The van der Waals surface area contributed by atoms with Crippen molar-refractivity contribution in [1.82, 2.24) is 10.6 Å². The molecule has 0 unspecified atom stereocenters. The number of carbonyl (C=O) groups is 4. The van der Waals surface area contributed by atoms with Crippen molar-refractivity contribution in [3.8, 4) is 0 Å². The number of hydrogen-bond donors (Lipinski definition) is 4. The van der Waals surface area contributed by atoms with Gasteiger partial charge in [0.2, 0.25) is 11.8 Å². The third-order valence-electron chi connectivity index (χ3n) is 7.19. The number of hydrogen-bond acceptors (Lipinski definition) is 6. The van der Waals surface area contributed by atoms with E-state index in [1.165, 1.54) is 0 Å². The van der Waals surface area contributed by atoms with Crippen LogP contribution in [0.2, 0.25) is 0 Å². The predicted molar refractivity (Wildman–Crippen MR) is 160 cm³/mol. The number of aliphatic hydroxyl groups excluding tert-OH is 1. The molecule has 0 fully saturated rings. The first kappa shape index (κ1) is 30.5. The molecule has 9 nitrogen and oxygen atoms in total. The summed E-state index contributed by atoms with van der Waals surface area (Å²) in [5.41, 5.74) is 1.51. The fraction of sp³-hybridized carbons (Fsp3) is 0.333. The van der Waals surface area contributed by atoms with Crippen LogP contribution in [0.25, 0.3) is 10.8 Å². The van der Waals surface area contributed by atoms with Crippen LogP contribution in [-0.2, 0) is 30.3 Å². The van der Waals surface area contributed by atoms with Crippen LogP contribution < -0.4 is 16.0 Å². The molecule has 4 N–H and O–H groups in total. The zero-order valence-corrected chi connectivity index (χ0v) is 23.6. The molecule has 0 radical (unpaired) electrons. The molecule has 0 aliphatic carbocycles. The lowest BCUT2D eigenvalue weighted by Gasteiger charge is -2.24. The Morgan fingerprint density at radius 1 is 0.952 bits per heavy atom. The van der Waals surface area contributed by atoms with E-state index in [2.05, 4.69) is 16.0 Å². The molecule has 3 aromatic carbocycles. The van der Waals surface area contributed by atoms with E-state index in [-0.39, 0.29) is 32.0 Å². The summed E-state index contributed by atoms with van der Waals surface area (Å²) in [6.45, 7) is 1.07. The van der Waals surface area contributed by atoms with E-state index in [1.54, 1.807) is 19.1 Å². The summed E-state index contributed by atoms with van der Waals surface area (Å²) in [5.74, 6) is -3.17. The van der Waals surface area contributed by atoms with Gasteiger partial charge in [0.25, 0.3) is 5.91 Å². The first-order valence-corrected chi connectivity index (χ1v) is 14.2. The molecule has 0 saturated heterocycles. The van der Waals surface area contributed by atoms with Crippen molar-refractivity contribution in [3.05, 3.63) is 90.5 Å². The number of carbonyl (C=O) groups excluding carboxylic acids is 4. The molecule has 220 valence electrons. The second-order valence-electron chi connectivity index (χ2n) is 10.6. The van der Waals surface area contributed by atoms with Crippen molar-refractivity contribution < 1.29 is 29.0 Å². The Bertz CT molecular complexity index is 1420. The molecule has 1 aliphatic rings. The SMILES string of the molecule is C[C@H](CO)NC(=O)C[C@H]1CC=CC[C@H](Cc2ccccc2)C(=O)OC[C@@H](C(=O)Nc2ccc3ccccc3c2)NC1=O. The zero-order chi connectivity index (χ0) is 29.9. The second-order valence-corrected chi connectivity index (χ2v) is 10.6. The van der Waals surface area contributed by atoms with Gasteiger partial charge in [0.05, 0.1) is 18.4 Å². The van der Waals surface area contributed by atoms with Gasteiger partial charge in [0.15, 0.2) is 0 Å². The molecule has 9 heteroatoms. The van der Waals surface area contributed by atoms with Crippen molar-refractivity contribution in [2.75, 3.05) is 18.5 Å². The average Bonchev–Trinajstić information content (AvgIpc) is 2.99. The van der Waals surface area contributed by atoms with Crippen LogP contribution in [0.15, 0.2) is 84.9 Å². The number of anilines is 1. The maximum atomic E-state index is 13.4. The van der Waals surface area contributed by atoms with Crippen molar-refractivity contribution in [2.45, 2.75) is 44.7 Å². The van der Waals surface area contributed by atoms with E-state index in [0.717, 1.165) is 16.3 Å². The van der Waals surface area contributed by atoms with E-state index in [9.17, 15) is 24.3 Å². The standard InChI is InChI=1S/C33H37N3O6/c1-22(20-37)34-30(38)19-26-13-7-8-14-27(17-23-9-3-2-4-10-23)33(41)42-21-29(36-31(26)39)32(40)35-28-16-15-24-11-5-6-12-25(24)18-28/h2-12,15-16,18,22,26-27,29,37H,13-14,17,19-21H2,1H3,(H,34,38)(H,35,40)(H,36,39)/t22-,26-,27-,29+/m1/s1. The van der Waals surface area contributed by atoms with E-state index >= 15 is 0 Å². The number of benzene rings is 3. The lowest BCUT2D eigenvalue weighted by atomic mass is 9.94. The quantitative estimate of drug-likeness (QED) is 0.242. The fourth-order valence-electron chi connectivity index (χ4n) is 4.82. The highest BCUT2D eigenvalue weighted by molar-refractivity contribution is 5.99. The van der Waals surface area contributed by atoms with E-state index in [1.807, 2.05) is 72.8 Å². The molecular formula is C33H37N3O6. The predicted octanol–water partition coefficient (Wildman–Crippen LogP) is 3.52. The van der Waals surface area contributed by atoms with Gasteiger partial charge in [-0.05, 0) is 54.7 Å². The molecule has 1 aliphatic heterocycles. The Kier molecular flexibility index (Phi) is 10.8. The smallest absolute Gasteiger partial charge is 0.309 e. The summed E-state index contributed by atoms with van der Waals surface area (Å²) in [5, 5.41) is 19.4. The third kappa shape index (κ3) is 8.75. The van der Waals surface area contributed by atoms with Gasteiger partial charge in [-0.25, -0.2) is 0 Å². The summed E-state index contributed by atoms with van der Waals surface area (Å²) in [7, 11) is 0. The topological polar surface area (TPSA) is 134 Å². The van der Waals surface area contributed by atoms with Gasteiger partial charge in [-0.3, -0.25) is 19.2 Å². The second kappa shape index (κ2) is 14.9. The molecular weight excluding hydrogens is 534 g/mol. The number of rotatable bonds is 8. The number of ether oxygens (including phenoxy) is 1. The molecule has 0 spiro atoms. The molecule has 3 amide bonds. The Morgan fingerprint density at radius 2 is 1.64 bits per heavy atom. The summed E-state index contributed by atoms with van der Waals surface area (Å²) in [6.07, 6.45) is 4.55. The number of allylic oxidation sites excluding steroid dienone is 2. The molecule has 4 rings (SSSR count). The molecule has 0 saturated carbocycles. The van der Waals surface area contributed by atoms with Gasteiger partial charge >= 0.3 is 5.97 Å². The minimum atomic E-state index is -1.18. The molecule has 0 aromatic heterocycles. The zero-order valence-electron chi connectivity index (χ0n) is 23.6. The number of esters is 1. The van der Waals surface area contributed by atoms with Crippen molar-refractivity contribution >= 4 is 40.2 Å². The molecule has 1 heterocycles. The van der Waals surface area contributed by atoms with Crippen molar-refractivity contribution in [1.29, 1.82) is 0 Å². The first-order chi connectivity index (χ1) is 20.3. The first-order valence-electron chi connectivity index (χ1n) is 14.2. The van der Waals surface area contributed by atoms with E-state index in [4.69, 9.17) is 4.74 Å². The molecule has 3 aromatic rings. The van der Waals surface area contributed by atoms with Gasteiger partial charge in [0, 0.05) is 18.2 Å². The molecule has 0 bridgehead atoms. The maximum Gasteiger partial charge on any atom is 0.309 e. The number of fused-ring (bicyclic) bond motifs is 1. The molecule has 42 heavy (non-hydrogen) atoms. The summed E-state index contributed by atoms with van der Waals surface area (Å²) < 4.78 is 5.62. The lowest BCUT2D eigenvalue weighted by Crippen LogP contribution is -2.50. The maximum absolute atomic E-state index is 13.4. The van der Waals surface area contributed by atoms with Gasteiger partial charge in [-0.15, -0.1) is 0 Å². The highest BCUT2D eigenvalue weighted by atomic mass is 16.5. The minimum absolute atomic E-state index is 0.132. The van der Waals surface area contributed by atoms with Crippen LogP contribution in [0, 0.1) is 11.8 Å². The summed E-state index contributed by atoms with van der Waals surface area (Å²) >= 11 is 0. The highest BCUT2D eigenvalue weighted by Crippen LogP contribution is 2.21. The fourth-order valence-corrected chi connectivity index (χ4v) is 4.82. The number of amides is 3. The normalized spacial score (nSPS) is 20.4. The van der Waals surface area contributed by atoms with Crippen LogP contribution in [0.3, 0.4) is 0 Å². The van der Waals surface area contributed by atoms with Crippen molar-refractivity contribution in [2.24, 2.45) is 11.8 Å². The Labute approximate surface area is 245 Å². The number of nitrogens with one attached hydrogen (secondary N) is 3. The van der Waals surface area contributed by atoms with Crippen LogP contribution in [0.1, 0.15) is 31.7 Å². The Balaban J connectivity index is 1.55. The Hall–Kier alpha value is -4.50. The third-order valence-corrected chi connectivity index (χ3v) is 7.19. The van der Waals surface area contributed by atoms with Crippen LogP contribution in [0.4, 0.5) is 5.69 Å². The van der Waals surface area contributed by atoms with E-state index in [0.29, 0.717) is 18.5 Å². The van der Waals surface area contributed by atoms with Crippen LogP contribution in [0.5, 0.6) is 0 Å². The van der Waals surface area contributed by atoms with E-state index < -0.39 is 41.7 Å². The van der Waals surface area contributed by atoms with Gasteiger partial charge in [-0.1, -0.05) is 72.8 Å². The lowest BCUT2D eigenvalue weighted by molar-refractivity contribution is -0.150. The summed E-state index contributed by atoms with van der Waals surface area (Å²) in [4.78, 5) is 52.5.